The van der Waals surface area contributed by atoms with Crippen LogP contribution in [0, 0.1) is 10.1 Å². The summed E-state index contributed by atoms with van der Waals surface area (Å²) in [6.07, 6.45) is 1.55. The number of ether oxygens (including phenoxy) is 1. The van der Waals surface area contributed by atoms with Crippen molar-refractivity contribution in [1.29, 1.82) is 0 Å². The Morgan fingerprint density at radius 3 is 2.86 bits per heavy atom. The first-order valence-corrected chi connectivity index (χ1v) is 6.38. The Morgan fingerprint density at radius 2 is 2.24 bits per heavy atom. The molecule has 21 heavy (non-hydrogen) atoms. The molecule has 2 rings (SSSR count). The molecule has 0 saturated carbocycles. The van der Waals surface area contributed by atoms with E-state index in [1.807, 2.05) is 6.92 Å². The highest BCUT2D eigenvalue weighted by Gasteiger charge is 2.16. The summed E-state index contributed by atoms with van der Waals surface area (Å²) in [7, 11) is 0. The Morgan fingerprint density at radius 1 is 1.43 bits per heavy atom. The van der Waals surface area contributed by atoms with E-state index in [1.165, 1.54) is 24.5 Å². The Labute approximate surface area is 120 Å². The number of benzene rings is 1. The fourth-order valence-electron chi connectivity index (χ4n) is 1.73. The third-order valence-electron chi connectivity index (χ3n) is 2.67. The van der Waals surface area contributed by atoms with Crippen LogP contribution >= 0.6 is 0 Å². The highest BCUT2D eigenvalue weighted by molar-refractivity contribution is 5.91. The van der Waals surface area contributed by atoms with Crippen molar-refractivity contribution in [2.45, 2.75) is 13.3 Å². The summed E-state index contributed by atoms with van der Waals surface area (Å²) in [5, 5.41) is 13.4. The van der Waals surface area contributed by atoms with Gasteiger partial charge in [-0.2, -0.15) is 0 Å². The summed E-state index contributed by atoms with van der Waals surface area (Å²) in [6, 6.07) is 7.41. The number of non-ortho nitro benzene ring substituents is 1. The molecule has 1 amide bonds. The first kappa shape index (κ1) is 14.6. The van der Waals surface area contributed by atoms with E-state index in [-0.39, 0.29) is 5.69 Å². The van der Waals surface area contributed by atoms with Crippen LogP contribution in [0.15, 0.2) is 41.0 Å². The molecule has 0 saturated heterocycles. The second-order valence-electron chi connectivity index (χ2n) is 4.23. The van der Waals surface area contributed by atoms with Crippen LogP contribution in [-0.4, -0.2) is 17.6 Å². The zero-order chi connectivity index (χ0) is 15.2. The van der Waals surface area contributed by atoms with Crippen LogP contribution in [0.5, 0.6) is 0 Å². The number of nitro groups is 1. The molecule has 0 radical (unpaired) electrons. The van der Waals surface area contributed by atoms with Crippen molar-refractivity contribution in [3.8, 4) is 11.3 Å². The molecule has 1 aromatic carbocycles. The zero-order valence-corrected chi connectivity index (χ0v) is 11.4. The highest BCUT2D eigenvalue weighted by Crippen LogP contribution is 2.32. The van der Waals surface area contributed by atoms with Crippen molar-refractivity contribution in [1.82, 2.24) is 0 Å². The van der Waals surface area contributed by atoms with E-state index in [0.29, 0.717) is 30.0 Å². The van der Waals surface area contributed by atoms with Gasteiger partial charge < -0.3 is 9.15 Å². The smallest absolute Gasteiger partial charge is 0.411 e. The van der Waals surface area contributed by atoms with Crippen LogP contribution in [-0.2, 0) is 4.74 Å². The highest BCUT2D eigenvalue weighted by atomic mass is 16.6. The average molecular weight is 290 g/mol. The number of hydrogen-bond acceptors (Lipinski definition) is 5. The molecule has 0 aliphatic heterocycles. The first-order valence-electron chi connectivity index (χ1n) is 6.38. The Balaban J connectivity index is 2.32. The van der Waals surface area contributed by atoms with Gasteiger partial charge in [0.25, 0.3) is 5.69 Å². The van der Waals surface area contributed by atoms with Gasteiger partial charge in [0.05, 0.1) is 23.5 Å². The lowest BCUT2D eigenvalue weighted by Gasteiger charge is -2.09. The maximum absolute atomic E-state index is 11.6. The molecule has 0 aliphatic rings. The molecule has 0 atom stereocenters. The van der Waals surface area contributed by atoms with Crippen molar-refractivity contribution in [2.75, 3.05) is 11.9 Å². The molecule has 2 aromatic rings. The average Bonchev–Trinajstić information content (AvgIpc) is 2.99. The number of nitrogens with zero attached hydrogens (tertiary/aromatic N) is 1. The second-order valence-corrected chi connectivity index (χ2v) is 4.23. The molecule has 0 bridgehead atoms. The second kappa shape index (κ2) is 6.56. The lowest BCUT2D eigenvalue weighted by Crippen LogP contribution is -2.14. The summed E-state index contributed by atoms with van der Waals surface area (Å²) < 4.78 is 10.2. The van der Waals surface area contributed by atoms with Crippen LogP contribution in [0.3, 0.4) is 0 Å². The van der Waals surface area contributed by atoms with Gasteiger partial charge >= 0.3 is 6.09 Å². The molecule has 0 fully saturated rings. The molecule has 1 heterocycles. The number of nitro benzene ring substituents is 1. The minimum atomic E-state index is -0.612. The van der Waals surface area contributed by atoms with Gasteiger partial charge in [-0.3, -0.25) is 15.4 Å². The topological polar surface area (TPSA) is 94.6 Å². The SMILES string of the molecule is CCCOC(=O)Nc1ccc([N+](=O)[O-])cc1-c1ccco1. The number of hydrogen-bond donors (Lipinski definition) is 1. The quantitative estimate of drug-likeness (QED) is 0.667. The lowest BCUT2D eigenvalue weighted by atomic mass is 10.1. The predicted octanol–water partition coefficient (Wildman–Crippen LogP) is 3.81. The van der Waals surface area contributed by atoms with Gasteiger partial charge in [0.15, 0.2) is 0 Å². The molecule has 1 aromatic heterocycles. The molecule has 0 aliphatic carbocycles. The molecular weight excluding hydrogens is 276 g/mol. The fourth-order valence-corrected chi connectivity index (χ4v) is 1.73. The van der Waals surface area contributed by atoms with Crippen molar-refractivity contribution in [3.63, 3.8) is 0 Å². The van der Waals surface area contributed by atoms with E-state index in [4.69, 9.17) is 9.15 Å². The van der Waals surface area contributed by atoms with Crippen LogP contribution < -0.4 is 5.32 Å². The minimum absolute atomic E-state index is 0.0890. The Bertz CT molecular complexity index is 637. The third kappa shape index (κ3) is 3.59. The summed E-state index contributed by atoms with van der Waals surface area (Å²) in [5.41, 5.74) is 0.716. The van der Waals surface area contributed by atoms with E-state index in [1.54, 1.807) is 12.1 Å². The number of nitrogens with one attached hydrogen (secondary N) is 1. The lowest BCUT2D eigenvalue weighted by molar-refractivity contribution is -0.384. The maximum Gasteiger partial charge on any atom is 0.411 e. The summed E-state index contributed by atoms with van der Waals surface area (Å²) >= 11 is 0. The number of anilines is 1. The summed E-state index contributed by atoms with van der Waals surface area (Å²) in [4.78, 5) is 22.0. The Kier molecular flexibility index (Phi) is 4.55. The number of carbonyl (C=O) groups is 1. The van der Waals surface area contributed by atoms with Gasteiger partial charge in [0, 0.05) is 17.7 Å². The monoisotopic (exact) mass is 290 g/mol. The maximum atomic E-state index is 11.6. The molecule has 110 valence electrons. The minimum Gasteiger partial charge on any atom is -0.464 e. The van der Waals surface area contributed by atoms with Crippen molar-refractivity contribution in [2.24, 2.45) is 0 Å². The van der Waals surface area contributed by atoms with Gasteiger partial charge in [0.1, 0.15) is 5.76 Å². The largest absolute Gasteiger partial charge is 0.464 e. The molecule has 0 unspecified atom stereocenters. The number of furan rings is 1. The van der Waals surface area contributed by atoms with Crippen LogP contribution in [0.25, 0.3) is 11.3 Å². The number of rotatable bonds is 5. The van der Waals surface area contributed by atoms with Crippen molar-refractivity contribution in [3.05, 3.63) is 46.7 Å². The molecule has 7 heteroatoms. The van der Waals surface area contributed by atoms with Gasteiger partial charge in [-0.25, -0.2) is 4.79 Å². The van der Waals surface area contributed by atoms with Gasteiger partial charge in [-0.05, 0) is 24.6 Å². The van der Waals surface area contributed by atoms with E-state index >= 15 is 0 Å². The molecule has 0 spiro atoms. The third-order valence-corrected chi connectivity index (χ3v) is 2.67. The van der Waals surface area contributed by atoms with Crippen molar-refractivity contribution < 1.29 is 18.9 Å². The molecule has 7 nitrogen and oxygen atoms in total. The number of amides is 1. The van der Waals surface area contributed by atoms with E-state index in [0.717, 1.165) is 0 Å². The van der Waals surface area contributed by atoms with Gasteiger partial charge in [-0.15, -0.1) is 0 Å². The number of carbonyl (C=O) groups excluding carboxylic acids is 1. The van der Waals surface area contributed by atoms with Gasteiger partial charge in [0.2, 0.25) is 0 Å². The standard InChI is InChI=1S/C14H14N2O5/c1-2-7-21-14(17)15-12-6-5-10(16(18)19)9-11(12)13-4-3-8-20-13/h3-6,8-9H,2,7H2,1H3,(H,15,17). The molecular formula is C14H14N2O5. The van der Waals surface area contributed by atoms with Crippen LogP contribution in [0.1, 0.15) is 13.3 Å². The summed E-state index contributed by atoms with van der Waals surface area (Å²) in [6.45, 7) is 2.18. The first-order chi connectivity index (χ1) is 10.1. The van der Waals surface area contributed by atoms with Gasteiger partial charge in [-0.1, -0.05) is 6.92 Å². The fraction of sp³-hybridized carbons (Fsp3) is 0.214. The normalized spacial score (nSPS) is 10.1. The van der Waals surface area contributed by atoms with E-state index in [9.17, 15) is 14.9 Å². The van der Waals surface area contributed by atoms with Crippen molar-refractivity contribution >= 4 is 17.5 Å². The van der Waals surface area contributed by atoms with Crippen LogP contribution in [0.2, 0.25) is 0 Å². The van der Waals surface area contributed by atoms with E-state index in [2.05, 4.69) is 5.32 Å². The predicted molar refractivity (Wildman–Crippen MR) is 76.1 cm³/mol. The van der Waals surface area contributed by atoms with Crippen LogP contribution in [0.4, 0.5) is 16.2 Å². The van der Waals surface area contributed by atoms with E-state index < -0.39 is 11.0 Å². The molecule has 1 N–H and O–H groups in total. The zero-order valence-electron chi connectivity index (χ0n) is 11.4. The summed E-state index contributed by atoms with van der Waals surface area (Å²) in [5.74, 6) is 0.421. The Hall–Kier alpha value is -2.83.